The van der Waals surface area contributed by atoms with Crippen LogP contribution in [0, 0.1) is 13.8 Å². The predicted octanol–water partition coefficient (Wildman–Crippen LogP) is 5.82. The number of methoxy groups -OCH3 is 2. The Morgan fingerprint density at radius 1 is 0.917 bits per heavy atom. The quantitative estimate of drug-likeness (QED) is 0.275. The standard InChI is InChI=1S/C27H25NO5S3/c1-14-12-15(2)19-17(13-14)18(26-35-20(24(30)32-5)21(36-26)25(31)33-6)22(34)27(3,4)28(19)23(29)16-10-8-7-9-11-16/h7-13H,1-6H3. The predicted molar refractivity (Wildman–Crippen MR) is 149 cm³/mol. The maximum absolute atomic E-state index is 13.9. The van der Waals surface area contributed by atoms with E-state index in [9.17, 15) is 14.4 Å². The Bertz CT molecular complexity index is 1350. The summed E-state index contributed by atoms with van der Waals surface area (Å²) in [6.45, 7) is 7.78. The fraction of sp³-hybridized carbons (Fsp3) is 0.259. The highest BCUT2D eigenvalue weighted by molar-refractivity contribution is 8.29. The van der Waals surface area contributed by atoms with Crippen LogP contribution in [0.25, 0.3) is 5.57 Å². The first-order valence-corrected chi connectivity index (χ1v) is 13.1. The third-order valence-electron chi connectivity index (χ3n) is 6.04. The normalized spacial score (nSPS) is 16.7. The van der Waals surface area contributed by atoms with E-state index in [2.05, 4.69) is 0 Å². The lowest BCUT2D eigenvalue weighted by Gasteiger charge is -2.46. The number of anilines is 1. The molecule has 2 heterocycles. The van der Waals surface area contributed by atoms with E-state index in [1.165, 1.54) is 14.2 Å². The summed E-state index contributed by atoms with van der Waals surface area (Å²) in [4.78, 5) is 41.5. The minimum Gasteiger partial charge on any atom is -0.465 e. The summed E-state index contributed by atoms with van der Waals surface area (Å²) < 4.78 is 10.5. The van der Waals surface area contributed by atoms with Crippen LogP contribution in [0.3, 0.4) is 0 Å². The maximum atomic E-state index is 13.9. The Morgan fingerprint density at radius 3 is 2.00 bits per heavy atom. The molecule has 0 spiro atoms. The number of benzene rings is 2. The molecule has 4 rings (SSSR count). The molecule has 0 bridgehead atoms. The van der Waals surface area contributed by atoms with E-state index in [-0.39, 0.29) is 15.7 Å². The average Bonchev–Trinajstić information content (AvgIpc) is 3.29. The molecule has 0 fully saturated rings. The summed E-state index contributed by atoms with van der Waals surface area (Å²) in [6.07, 6.45) is 0. The molecular formula is C27H25NO5S3. The highest BCUT2D eigenvalue weighted by atomic mass is 32.2. The molecule has 0 saturated heterocycles. The van der Waals surface area contributed by atoms with Crippen molar-refractivity contribution in [3.05, 3.63) is 78.8 Å². The van der Waals surface area contributed by atoms with Gasteiger partial charge in [0.1, 0.15) is 9.81 Å². The lowest BCUT2D eigenvalue weighted by molar-refractivity contribution is -0.138. The number of thiocarbonyl (C=S) groups is 1. The molecular weight excluding hydrogens is 515 g/mol. The number of carbonyl (C=O) groups is 3. The average molecular weight is 540 g/mol. The van der Waals surface area contributed by atoms with Gasteiger partial charge >= 0.3 is 11.9 Å². The molecule has 2 aliphatic heterocycles. The zero-order chi connectivity index (χ0) is 26.4. The van der Waals surface area contributed by atoms with Crippen molar-refractivity contribution in [3.63, 3.8) is 0 Å². The summed E-state index contributed by atoms with van der Waals surface area (Å²) >= 11 is 8.33. The van der Waals surface area contributed by atoms with Gasteiger partial charge in [-0.15, -0.1) is 0 Å². The highest BCUT2D eigenvalue weighted by Crippen LogP contribution is 2.56. The van der Waals surface area contributed by atoms with Gasteiger partial charge in [-0.1, -0.05) is 65.6 Å². The van der Waals surface area contributed by atoms with E-state index in [1.54, 1.807) is 17.0 Å². The van der Waals surface area contributed by atoms with Crippen LogP contribution in [0.4, 0.5) is 5.69 Å². The second-order valence-electron chi connectivity index (χ2n) is 8.88. The Morgan fingerprint density at radius 2 is 1.47 bits per heavy atom. The molecule has 1 amide bonds. The molecule has 6 nitrogen and oxygen atoms in total. The van der Waals surface area contributed by atoms with E-state index in [0.717, 1.165) is 51.5 Å². The van der Waals surface area contributed by atoms with Gasteiger partial charge in [0, 0.05) is 16.7 Å². The van der Waals surface area contributed by atoms with Crippen LogP contribution in [0.5, 0.6) is 0 Å². The molecule has 0 unspecified atom stereocenters. The molecule has 2 aromatic carbocycles. The summed E-state index contributed by atoms with van der Waals surface area (Å²) in [5.41, 5.74) is 3.87. The van der Waals surface area contributed by atoms with E-state index >= 15 is 0 Å². The molecule has 0 aromatic heterocycles. The topological polar surface area (TPSA) is 72.9 Å². The molecule has 0 aliphatic carbocycles. The number of fused-ring (bicyclic) bond motifs is 1. The number of thioether (sulfide) groups is 2. The van der Waals surface area contributed by atoms with E-state index < -0.39 is 17.5 Å². The van der Waals surface area contributed by atoms with Crippen molar-refractivity contribution in [1.82, 2.24) is 0 Å². The maximum Gasteiger partial charge on any atom is 0.346 e. The Labute approximate surface area is 224 Å². The molecule has 0 atom stereocenters. The van der Waals surface area contributed by atoms with Crippen molar-refractivity contribution >= 4 is 69.7 Å². The number of hydrogen-bond acceptors (Lipinski definition) is 8. The van der Waals surface area contributed by atoms with Gasteiger partial charge in [0.05, 0.1) is 34.5 Å². The van der Waals surface area contributed by atoms with Crippen LogP contribution >= 0.6 is 35.7 Å². The van der Waals surface area contributed by atoms with E-state index in [1.807, 2.05) is 58.0 Å². The largest absolute Gasteiger partial charge is 0.465 e. The van der Waals surface area contributed by atoms with Gasteiger partial charge in [0.15, 0.2) is 0 Å². The SMILES string of the molecule is COC(=O)C1=C(C(=O)OC)SC(=C2C(=S)C(C)(C)N(C(=O)c3ccccc3)c3c(C)cc(C)cc32)S1. The second-order valence-corrected chi connectivity index (χ2v) is 11.6. The highest BCUT2D eigenvalue weighted by Gasteiger charge is 2.47. The first-order valence-electron chi connectivity index (χ1n) is 11.1. The lowest BCUT2D eigenvalue weighted by Crippen LogP contribution is -2.56. The first kappa shape index (κ1) is 26.2. The van der Waals surface area contributed by atoms with Gasteiger partial charge in [0.2, 0.25) is 0 Å². The summed E-state index contributed by atoms with van der Waals surface area (Å²) in [5.74, 6) is -1.40. The lowest BCUT2D eigenvalue weighted by atomic mass is 9.81. The Kier molecular flexibility index (Phi) is 7.19. The smallest absolute Gasteiger partial charge is 0.346 e. The number of hydrogen-bond donors (Lipinski definition) is 0. The number of nitrogens with zero attached hydrogens (tertiary/aromatic N) is 1. The molecule has 2 aromatic rings. The minimum absolute atomic E-state index is 0.157. The van der Waals surface area contributed by atoms with Crippen LogP contribution in [-0.4, -0.2) is 42.5 Å². The first-order chi connectivity index (χ1) is 17.0. The van der Waals surface area contributed by atoms with E-state index in [4.69, 9.17) is 21.7 Å². The number of rotatable bonds is 3. The van der Waals surface area contributed by atoms with Gasteiger partial charge in [-0.05, 0) is 51.5 Å². The van der Waals surface area contributed by atoms with Gasteiger partial charge in [0.25, 0.3) is 5.91 Å². The summed E-state index contributed by atoms with van der Waals surface area (Å²) in [7, 11) is 2.54. The van der Waals surface area contributed by atoms with Crippen molar-refractivity contribution in [3.8, 4) is 0 Å². The molecule has 0 radical (unpaired) electrons. The molecule has 2 aliphatic rings. The number of esters is 2. The van der Waals surface area contributed by atoms with Gasteiger partial charge in [-0.25, -0.2) is 9.59 Å². The van der Waals surface area contributed by atoms with Crippen LogP contribution in [0.2, 0.25) is 0 Å². The van der Waals surface area contributed by atoms with E-state index in [0.29, 0.717) is 14.7 Å². The summed E-state index contributed by atoms with van der Waals surface area (Å²) in [5, 5.41) is 0. The Hall–Kier alpha value is -2.88. The van der Waals surface area contributed by atoms with Crippen LogP contribution in [0.15, 0.2) is 56.5 Å². The fourth-order valence-corrected chi connectivity index (χ4v) is 7.41. The minimum atomic E-state index is -0.877. The number of ether oxygens (including phenoxy) is 2. The molecule has 36 heavy (non-hydrogen) atoms. The van der Waals surface area contributed by atoms with Gasteiger partial charge in [-0.2, -0.15) is 0 Å². The zero-order valence-corrected chi connectivity index (χ0v) is 23.2. The van der Waals surface area contributed by atoms with Gasteiger partial charge < -0.3 is 9.47 Å². The fourth-order valence-electron chi connectivity index (χ4n) is 4.38. The monoisotopic (exact) mass is 539 g/mol. The third-order valence-corrected chi connectivity index (χ3v) is 9.31. The molecule has 0 N–H and O–H groups in total. The van der Waals surface area contributed by atoms with Crippen molar-refractivity contribution in [2.24, 2.45) is 0 Å². The summed E-state index contributed by atoms with van der Waals surface area (Å²) in [6, 6.07) is 13.1. The van der Waals surface area contributed by atoms with Crippen LogP contribution in [-0.2, 0) is 19.1 Å². The number of aryl methyl sites for hydroxylation is 2. The van der Waals surface area contributed by atoms with Crippen molar-refractivity contribution in [2.45, 2.75) is 33.2 Å². The molecule has 9 heteroatoms. The third kappa shape index (κ3) is 4.29. The number of amides is 1. The molecule has 186 valence electrons. The van der Waals surface area contributed by atoms with Crippen LogP contribution in [0.1, 0.15) is 40.9 Å². The second kappa shape index (κ2) is 9.88. The van der Waals surface area contributed by atoms with Crippen LogP contribution < -0.4 is 4.90 Å². The van der Waals surface area contributed by atoms with Crippen molar-refractivity contribution < 1.29 is 23.9 Å². The van der Waals surface area contributed by atoms with Crippen molar-refractivity contribution in [1.29, 1.82) is 0 Å². The van der Waals surface area contributed by atoms with Crippen molar-refractivity contribution in [2.75, 3.05) is 19.1 Å². The molecule has 0 saturated carbocycles. The number of carbonyl (C=O) groups excluding carboxylic acids is 3. The van der Waals surface area contributed by atoms with Gasteiger partial charge in [-0.3, -0.25) is 9.69 Å². The Balaban J connectivity index is 1.97. The zero-order valence-electron chi connectivity index (χ0n) is 20.8.